The quantitative estimate of drug-likeness (QED) is 0.834. The average molecular weight is 252 g/mol. The first-order valence-electron chi connectivity index (χ1n) is 7.81. The first kappa shape index (κ1) is 13.9. The predicted molar refractivity (Wildman–Crippen MR) is 74.5 cm³/mol. The van der Waals surface area contributed by atoms with E-state index in [9.17, 15) is 4.79 Å². The van der Waals surface area contributed by atoms with E-state index >= 15 is 0 Å². The van der Waals surface area contributed by atoms with Crippen LogP contribution in [0, 0.1) is 5.92 Å². The number of likely N-dealkylation sites (tertiary alicyclic amines) is 1. The third-order valence-corrected chi connectivity index (χ3v) is 4.43. The van der Waals surface area contributed by atoms with Crippen LogP contribution in [0.15, 0.2) is 0 Å². The first-order valence-corrected chi connectivity index (χ1v) is 7.81. The van der Waals surface area contributed by atoms with Gasteiger partial charge in [0.1, 0.15) is 0 Å². The summed E-state index contributed by atoms with van der Waals surface area (Å²) in [5.74, 6) is 0.998. The van der Waals surface area contributed by atoms with Gasteiger partial charge >= 0.3 is 0 Å². The molecule has 2 saturated heterocycles. The number of carbonyl (C=O) groups excluding carboxylic acids is 1. The fourth-order valence-corrected chi connectivity index (χ4v) is 3.42. The van der Waals surface area contributed by atoms with E-state index in [1.165, 1.54) is 44.9 Å². The maximum Gasteiger partial charge on any atom is 0.223 e. The summed E-state index contributed by atoms with van der Waals surface area (Å²) in [5.41, 5.74) is 0. The average Bonchev–Trinajstić information content (AvgIpc) is 2.41. The van der Waals surface area contributed by atoms with Gasteiger partial charge in [-0.1, -0.05) is 13.3 Å². The zero-order chi connectivity index (χ0) is 12.8. The molecule has 3 nitrogen and oxygen atoms in total. The zero-order valence-corrected chi connectivity index (χ0v) is 11.8. The highest BCUT2D eigenvalue weighted by Crippen LogP contribution is 2.24. The lowest BCUT2D eigenvalue weighted by Crippen LogP contribution is -2.45. The number of carbonyl (C=O) groups is 1. The second-order valence-corrected chi connectivity index (χ2v) is 5.94. The molecule has 0 saturated carbocycles. The van der Waals surface area contributed by atoms with Crippen molar-refractivity contribution in [2.75, 3.05) is 19.6 Å². The highest BCUT2D eigenvalue weighted by Gasteiger charge is 2.27. The van der Waals surface area contributed by atoms with Crippen LogP contribution in [0.3, 0.4) is 0 Å². The van der Waals surface area contributed by atoms with Crippen LogP contribution in [-0.4, -0.2) is 36.5 Å². The normalized spacial score (nSPS) is 29.3. The molecule has 0 spiro atoms. The molecule has 2 aliphatic rings. The van der Waals surface area contributed by atoms with Gasteiger partial charge in [0.25, 0.3) is 0 Å². The molecule has 2 unspecified atom stereocenters. The number of piperidine rings is 2. The lowest BCUT2D eigenvalue weighted by atomic mass is 9.93. The van der Waals surface area contributed by atoms with Crippen molar-refractivity contribution in [1.29, 1.82) is 0 Å². The van der Waals surface area contributed by atoms with Crippen LogP contribution in [0.5, 0.6) is 0 Å². The lowest BCUT2D eigenvalue weighted by Gasteiger charge is -2.37. The summed E-state index contributed by atoms with van der Waals surface area (Å²) in [6.07, 6.45) is 9.35. The lowest BCUT2D eigenvalue weighted by molar-refractivity contribution is -0.136. The van der Waals surface area contributed by atoms with Gasteiger partial charge in [-0.05, 0) is 57.5 Å². The fraction of sp³-hybridized carbons (Fsp3) is 0.933. The van der Waals surface area contributed by atoms with E-state index in [4.69, 9.17) is 0 Å². The van der Waals surface area contributed by atoms with Gasteiger partial charge in [-0.2, -0.15) is 0 Å². The van der Waals surface area contributed by atoms with Crippen molar-refractivity contribution in [1.82, 2.24) is 10.2 Å². The number of amides is 1. The Balaban J connectivity index is 1.84. The van der Waals surface area contributed by atoms with Gasteiger partial charge in [-0.25, -0.2) is 0 Å². The van der Waals surface area contributed by atoms with E-state index in [2.05, 4.69) is 17.1 Å². The molecule has 104 valence electrons. The molecule has 2 fully saturated rings. The van der Waals surface area contributed by atoms with E-state index in [1.54, 1.807) is 0 Å². The van der Waals surface area contributed by atoms with Crippen LogP contribution >= 0.6 is 0 Å². The van der Waals surface area contributed by atoms with Crippen LogP contribution in [0.2, 0.25) is 0 Å². The Hall–Kier alpha value is -0.570. The van der Waals surface area contributed by atoms with Crippen LogP contribution < -0.4 is 5.32 Å². The molecule has 3 heteroatoms. The van der Waals surface area contributed by atoms with Gasteiger partial charge in [-0.3, -0.25) is 4.79 Å². The first-order chi connectivity index (χ1) is 8.81. The van der Waals surface area contributed by atoms with Crippen LogP contribution in [0.4, 0.5) is 0 Å². The third-order valence-electron chi connectivity index (χ3n) is 4.43. The molecule has 0 bridgehead atoms. The Morgan fingerprint density at radius 3 is 2.89 bits per heavy atom. The van der Waals surface area contributed by atoms with Gasteiger partial charge in [-0.15, -0.1) is 0 Å². The fourth-order valence-electron chi connectivity index (χ4n) is 3.42. The Morgan fingerprint density at radius 1 is 1.28 bits per heavy atom. The second-order valence-electron chi connectivity index (χ2n) is 5.94. The largest absolute Gasteiger partial charge is 0.340 e. The third kappa shape index (κ3) is 3.71. The Morgan fingerprint density at radius 2 is 2.17 bits per heavy atom. The minimum atomic E-state index is 0.418. The number of hydrogen-bond donors (Lipinski definition) is 1. The van der Waals surface area contributed by atoms with Crippen molar-refractivity contribution < 1.29 is 4.79 Å². The van der Waals surface area contributed by atoms with Gasteiger partial charge in [0.05, 0.1) is 0 Å². The summed E-state index contributed by atoms with van der Waals surface area (Å²) in [6, 6.07) is 0.535. The van der Waals surface area contributed by atoms with Crippen molar-refractivity contribution in [3.63, 3.8) is 0 Å². The number of nitrogens with one attached hydrogen (secondary N) is 1. The predicted octanol–water partition coefficient (Wildman–Crippen LogP) is 2.56. The number of rotatable bonds is 4. The van der Waals surface area contributed by atoms with E-state index < -0.39 is 0 Å². The minimum absolute atomic E-state index is 0.418. The maximum absolute atomic E-state index is 12.4. The van der Waals surface area contributed by atoms with Gasteiger partial charge in [0.15, 0.2) is 0 Å². The molecule has 2 heterocycles. The van der Waals surface area contributed by atoms with Gasteiger partial charge < -0.3 is 10.2 Å². The summed E-state index contributed by atoms with van der Waals surface area (Å²) < 4.78 is 0. The SMILES string of the molecule is CCCC1CCCCN1C(=O)CC1CCCNC1. The van der Waals surface area contributed by atoms with Gasteiger partial charge in [0.2, 0.25) is 5.91 Å². The van der Waals surface area contributed by atoms with Gasteiger partial charge in [0, 0.05) is 19.0 Å². The Kier molecular flexibility index (Phi) is 5.48. The molecule has 2 rings (SSSR count). The standard InChI is InChI=1S/C15H28N2O/c1-2-6-14-8-3-4-10-17(14)15(18)11-13-7-5-9-16-12-13/h13-14,16H,2-12H2,1H3. The molecular weight excluding hydrogens is 224 g/mol. The summed E-state index contributed by atoms with van der Waals surface area (Å²) in [6.45, 7) is 5.40. The molecule has 0 aromatic rings. The Labute approximate surface area is 111 Å². The van der Waals surface area contributed by atoms with E-state index in [0.29, 0.717) is 17.9 Å². The van der Waals surface area contributed by atoms with Crippen molar-refractivity contribution in [2.45, 2.75) is 64.3 Å². The highest BCUT2D eigenvalue weighted by molar-refractivity contribution is 5.77. The molecule has 0 aliphatic carbocycles. The zero-order valence-electron chi connectivity index (χ0n) is 11.8. The van der Waals surface area contributed by atoms with Crippen molar-refractivity contribution in [3.8, 4) is 0 Å². The van der Waals surface area contributed by atoms with Crippen molar-refractivity contribution in [3.05, 3.63) is 0 Å². The molecule has 0 aromatic heterocycles. The molecule has 2 atom stereocenters. The van der Waals surface area contributed by atoms with Crippen LogP contribution in [0.25, 0.3) is 0 Å². The summed E-state index contributed by atoms with van der Waals surface area (Å²) >= 11 is 0. The molecule has 0 aromatic carbocycles. The molecular formula is C15H28N2O. The van der Waals surface area contributed by atoms with Crippen LogP contribution in [-0.2, 0) is 4.79 Å². The highest BCUT2D eigenvalue weighted by atomic mass is 16.2. The summed E-state index contributed by atoms with van der Waals surface area (Å²) in [4.78, 5) is 14.6. The number of hydrogen-bond acceptors (Lipinski definition) is 2. The molecule has 1 amide bonds. The van der Waals surface area contributed by atoms with Crippen molar-refractivity contribution >= 4 is 5.91 Å². The number of nitrogens with zero attached hydrogens (tertiary/aromatic N) is 1. The monoisotopic (exact) mass is 252 g/mol. The van der Waals surface area contributed by atoms with Crippen molar-refractivity contribution in [2.24, 2.45) is 5.92 Å². The summed E-state index contributed by atoms with van der Waals surface area (Å²) in [7, 11) is 0. The van der Waals surface area contributed by atoms with E-state index in [-0.39, 0.29) is 0 Å². The maximum atomic E-state index is 12.4. The molecule has 18 heavy (non-hydrogen) atoms. The minimum Gasteiger partial charge on any atom is -0.340 e. The Bertz CT molecular complexity index is 259. The van der Waals surface area contributed by atoms with E-state index in [1.807, 2.05) is 0 Å². The second kappa shape index (κ2) is 7.13. The summed E-state index contributed by atoms with van der Waals surface area (Å²) in [5, 5.41) is 3.41. The van der Waals surface area contributed by atoms with E-state index in [0.717, 1.165) is 26.1 Å². The molecule has 1 N–H and O–H groups in total. The topological polar surface area (TPSA) is 32.3 Å². The molecule has 2 aliphatic heterocycles. The van der Waals surface area contributed by atoms with Crippen LogP contribution in [0.1, 0.15) is 58.3 Å². The molecule has 0 radical (unpaired) electrons. The smallest absolute Gasteiger partial charge is 0.223 e.